The van der Waals surface area contributed by atoms with Crippen LogP contribution >= 0.6 is 11.6 Å². The summed E-state index contributed by atoms with van der Waals surface area (Å²) in [5.41, 5.74) is 2.96. The van der Waals surface area contributed by atoms with Crippen LogP contribution in [0.5, 0.6) is 0 Å². The van der Waals surface area contributed by atoms with Gasteiger partial charge in [-0.3, -0.25) is 0 Å². The van der Waals surface area contributed by atoms with Crippen molar-refractivity contribution in [3.05, 3.63) is 70.2 Å². The van der Waals surface area contributed by atoms with Crippen LogP contribution in [0, 0.1) is 0 Å². The van der Waals surface area contributed by atoms with Gasteiger partial charge < -0.3 is 0 Å². The highest BCUT2D eigenvalue weighted by molar-refractivity contribution is 7.88. The lowest BCUT2D eigenvalue weighted by atomic mass is 9.88. The normalized spacial score (nSPS) is 18.0. The van der Waals surface area contributed by atoms with Crippen molar-refractivity contribution < 1.29 is 8.42 Å². The molecule has 0 aliphatic heterocycles. The van der Waals surface area contributed by atoms with E-state index in [9.17, 15) is 8.42 Å². The second-order valence-electron chi connectivity index (χ2n) is 5.61. The number of hydrogen-bond acceptors (Lipinski definition) is 2. The van der Waals surface area contributed by atoms with Crippen molar-refractivity contribution in [3.8, 4) is 0 Å². The van der Waals surface area contributed by atoms with Gasteiger partial charge in [-0.05, 0) is 42.0 Å². The van der Waals surface area contributed by atoms with Crippen molar-refractivity contribution in [2.75, 3.05) is 0 Å². The van der Waals surface area contributed by atoms with Crippen molar-refractivity contribution in [2.24, 2.45) is 0 Å². The zero-order chi connectivity index (χ0) is 15.6. The molecule has 0 saturated heterocycles. The third-order valence-electron chi connectivity index (χ3n) is 3.99. The quantitative estimate of drug-likeness (QED) is 0.922. The van der Waals surface area contributed by atoms with E-state index in [1.165, 1.54) is 5.56 Å². The fourth-order valence-electron chi connectivity index (χ4n) is 2.95. The average molecular weight is 336 g/mol. The van der Waals surface area contributed by atoms with Crippen LogP contribution in [0.15, 0.2) is 48.5 Å². The number of fused-ring (bicyclic) bond motifs is 1. The van der Waals surface area contributed by atoms with Gasteiger partial charge in [-0.2, -0.15) is 0 Å². The Morgan fingerprint density at radius 3 is 2.64 bits per heavy atom. The molecule has 1 unspecified atom stereocenters. The van der Waals surface area contributed by atoms with E-state index >= 15 is 0 Å². The van der Waals surface area contributed by atoms with Crippen LogP contribution < -0.4 is 4.72 Å². The molecule has 0 aromatic heterocycles. The molecular weight excluding hydrogens is 318 g/mol. The van der Waals surface area contributed by atoms with Gasteiger partial charge in [0.2, 0.25) is 10.0 Å². The Hall–Kier alpha value is -1.36. The molecule has 1 N–H and O–H groups in total. The minimum absolute atomic E-state index is 0.0919. The van der Waals surface area contributed by atoms with Crippen molar-refractivity contribution >= 4 is 21.6 Å². The topological polar surface area (TPSA) is 46.2 Å². The van der Waals surface area contributed by atoms with Crippen LogP contribution in [0.3, 0.4) is 0 Å². The van der Waals surface area contributed by atoms with Gasteiger partial charge >= 0.3 is 0 Å². The number of sulfonamides is 1. The lowest BCUT2D eigenvalue weighted by Gasteiger charge is -2.26. The van der Waals surface area contributed by atoms with Crippen LogP contribution in [-0.2, 0) is 22.2 Å². The molecule has 3 nitrogen and oxygen atoms in total. The second kappa shape index (κ2) is 6.41. The fourth-order valence-corrected chi connectivity index (χ4v) is 4.66. The molecule has 3 rings (SSSR count). The molecule has 0 fully saturated rings. The molecule has 0 heterocycles. The molecule has 0 spiro atoms. The van der Waals surface area contributed by atoms with E-state index in [-0.39, 0.29) is 11.8 Å². The fraction of sp³-hybridized carbons (Fsp3) is 0.294. The van der Waals surface area contributed by atoms with Gasteiger partial charge in [0.15, 0.2) is 0 Å². The van der Waals surface area contributed by atoms with Gasteiger partial charge in [-0.15, -0.1) is 0 Å². The molecule has 0 radical (unpaired) electrons. The molecule has 2 aromatic rings. The summed E-state index contributed by atoms with van der Waals surface area (Å²) in [6, 6.07) is 15.0. The van der Waals surface area contributed by atoms with Crippen molar-refractivity contribution in [2.45, 2.75) is 31.1 Å². The summed E-state index contributed by atoms with van der Waals surface area (Å²) >= 11 is 6.06. The number of benzene rings is 2. The van der Waals surface area contributed by atoms with E-state index < -0.39 is 10.0 Å². The predicted octanol–water partition coefficient (Wildman–Crippen LogP) is 3.84. The Bertz CT molecular complexity index is 774. The molecule has 1 aliphatic carbocycles. The van der Waals surface area contributed by atoms with Gasteiger partial charge in [0.05, 0.1) is 5.75 Å². The highest BCUT2D eigenvalue weighted by Crippen LogP contribution is 2.30. The molecule has 1 aliphatic rings. The monoisotopic (exact) mass is 335 g/mol. The van der Waals surface area contributed by atoms with E-state index in [4.69, 9.17) is 11.6 Å². The van der Waals surface area contributed by atoms with Crippen molar-refractivity contribution in [1.29, 1.82) is 0 Å². The molecule has 0 bridgehead atoms. The van der Waals surface area contributed by atoms with E-state index in [1.54, 1.807) is 24.3 Å². The first-order chi connectivity index (χ1) is 10.6. The van der Waals surface area contributed by atoms with E-state index in [0.29, 0.717) is 10.6 Å². The SMILES string of the molecule is O=S(=O)(Cc1ccccc1Cl)NC1CCCc2ccccc21. The summed E-state index contributed by atoms with van der Waals surface area (Å²) in [7, 11) is -3.43. The van der Waals surface area contributed by atoms with Gasteiger partial charge in [-0.1, -0.05) is 54.1 Å². The summed E-state index contributed by atoms with van der Waals surface area (Å²) < 4.78 is 27.8. The first-order valence-corrected chi connectivity index (χ1v) is 9.39. The molecule has 5 heteroatoms. The van der Waals surface area contributed by atoms with Crippen LogP contribution in [0.25, 0.3) is 0 Å². The third-order valence-corrected chi connectivity index (χ3v) is 5.70. The highest BCUT2D eigenvalue weighted by atomic mass is 35.5. The summed E-state index contributed by atoms with van der Waals surface area (Å²) in [6.45, 7) is 0. The van der Waals surface area contributed by atoms with Gasteiger partial charge in [-0.25, -0.2) is 13.1 Å². The zero-order valence-corrected chi connectivity index (χ0v) is 13.7. The maximum Gasteiger partial charge on any atom is 0.216 e. The van der Waals surface area contributed by atoms with Gasteiger partial charge in [0, 0.05) is 11.1 Å². The van der Waals surface area contributed by atoms with Gasteiger partial charge in [0.25, 0.3) is 0 Å². The molecule has 0 amide bonds. The maximum absolute atomic E-state index is 12.5. The Morgan fingerprint density at radius 1 is 1.09 bits per heavy atom. The number of nitrogens with one attached hydrogen (secondary N) is 1. The summed E-state index contributed by atoms with van der Waals surface area (Å²) in [6.07, 6.45) is 2.84. The minimum atomic E-state index is -3.43. The van der Waals surface area contributed by atoms with Crippen LogP contribution in [0.2, 0.25) is 5.02 Å². The van der Waals surface area contributed by atoms with Crippen molar-refractivity contribution in [1.82, 2.24) is 4.72 Å². The van der Waals surface area contributed by atoms with Crippen molar-refractivity contribution in [3.63, 3.8) is 0 Å². The molecule has 0 saturated carbocycles. The van der Waals surface area contributed by atoms with E-state index in [1.807, 2.05) is 18.2 Å². The molecule has 1 atom stereocenters. The Labute approximate surface area is 136 Å². The second-order valence-corrected chi connectivity index (χ2v) is 7.77. The first-order valence-electron chi connectivity index (χ1n) is 7.36. The largest absolute Gasteiger partial charge is 0.216 e. The van der Waals surface area contributed by atoms with E-state index in [0.717, 1.165) is 24.8 Å². The maximum atomic E-state index is 12.5. The lowest BCUT2D eigenvalue weighted by Crippen LogP contribution is -2.32. The summed E-state index contributed by atoms with van der Waals surface area (Å²) in [4.78, 5) is 0. The molecular formula is C17H18ClNO2S. The zero-order valence-electron chi connectivity index (χ0n) is 12.1. The van der Waals surface area contributed by atoms with Crippen LogP contribution in [0.4, 0.5) is 0 Å². The number of rotatable bonds is 4. The van der Waals surface area contributed by atoms with Crippen LogP contribution in [-0.4, -0.2) is 8.42 Å². The van der Waals surface area contributed by atoms with E-state index in [2.05, 4.69) is 10.8 Å². The smallest absolute Gasteiger partial charge is 0.212 e. The lowest BCUT2D eigenvalue weighted by molar-refractivity contribution is 0.507. The Kier molecular flexibility index (Phi) is 4.52. The average Bonchev–Trinajstić information content (AvgIpc) is 2.49. The third kappa shape index (κ3) is 3.51. The minimum Gasteiger partial charge on any atom is -0.212 e. The Morgan fingerprint density at radius 2 is 1.82 bits per heavy atom. The van der Waals surface area contributed by atoms with Crippen LogP contribution in [0.1, 0.15) is 35.6 Å². The Balaban J connectivity index is 1.80. The number of halogens is 1. The molecule has 2 aromatic carbocycles. The number of hydrogen-bond donors (Lipinski definition) is 1. The van der Waals surface area contributed by atoms with Gasteiger partial charge in [0.1, 0.15) is 0 Å². The molecule has 22 heavy (non-hydrogen) atoms. The first kappa shape index (κ1) is 15.5. The summed E-state index contributed by atoms with van der Waals surface area (Å²) in [5, 5.41) is 0.483. The predicted molar refractivity (Wildman–Crippen MR) is 89.3 cm³/mol. The molecule has 116 valence electrons. The summed E-state index contributed by atoms with van der Waals surface area (Å²) in [5.74, 6) is -0.0919. The standard InChI is InChI=1S/C17H18ClNO2S/c18-16-10-4-2-7-14(16)12-22(20,21)19-17-11-5-8-13-6-1-3-9-15(13)17/h1-4,6-7,9-10,17,19H,5,8,11-12H2. The highest BCUT2D eigenvalue weighted by Gasteiger charge is 2.24. The number of aryl methyl sites for hydroxylation is 1.